The molecule has 1 amide bonds. The van der Waals surface area contributed by atoms with Gasteiger partial charge in [0, 0.05) is 29.1 Å². The number of aromatic nitrogens is 2. The van der Waals surface area contributed by atoms with E-state index < -0.39 is 23.4 Å². The molecule has 1 aromatic carbocycles. The Morgan fingerprint density at radius 3 is 2.88 bits per heavy atom. The summed E-state index contributed by atoms with van der Waals surface area (Å²) >= 11 is 0. The molecule has 164 valence electrons. The molecule has 4 N–H and O–H groups in total. The molecule has 0 aliphatic carbocycles. The summed E-state index contributed by atoms with van der Waals surface area (Å²) in [4.78, 5) is 41.4. The number of nitrogens with zero attached hydrogens (tertiary/aromatic N) is 2. The van der Waals surface area contributed by atoms with Crippen molar-refractivity contribution in [1.29, 1.82) is 0 Å². The summed E-state index contributed by atoms with van der Waals surface area (Å²) in [7, 11) is 0. The first-order chi connectivity index (χ1) is 15.3. The van der Waals surface area contributed by atoms with Gasteiger partial charge < -0.3 is 25.5 Å². The Hall–Kier alpha value is -3.63. The largest absolute Gasteiger partial charge is 0.458 e. The number of cyclic esters (lactones) is 1. The highest BCUT2D eigenvalue weighted by molar-refractivity contribution is 5.89. The van der Waals surface area contributed by atoms with E-state index in [1.54, 1.807) is 19.1 Å². The molecule has 1 atom stereocenters. The summed E-state index contributed by atoms with van der Waals surface area (Å²) in [5.41, 5.74) is 8.42. The summed E-state index contributed by atoms with van der Waals surface area (Å²) < 4.78 is 20.7. The van der Waals surface area contributed by atoms with Gasteiger partial charge in [0.25, 0.3) is 5.56 Å². The second-order valence-corrected chi connectivity index (χ2v) is 7.88. The maximum Gasteiger partial charge on any atom is 0.340 e. The van der Waals surface area contributed by atoms with Gasteiger partial charge in [-0.25, -0.2) is 14.2 Å². The van der Waals surface area contributed by atoms with E-state index >= 15 is 0 Å². The van der Waals surface area contributed by atoms with Crippen molar-refractivity contribution in [3.05, 3.63) is 62.2 Å². The number of halogens is 1. The molecule has 32 heavy (non-hydrogen) atoms. The van der Waals surface area contributed by atoms with Crippen LogP contribution in [0.2, 0.25) is 0 Å². The molecule has 0 fully saturated rings. The number of pyridine rings is 2. The maximum atomic E-state index is 14.3. The Morgan fingerprint density at radius 1 is 1.34 bits per heavy atom. The summed E-state index contributed by atoms with van der Waals surface area (Å²) in [6.07, 6.45) is -1.56. The molecule has 1 unspecified atom stereocenters. The van der Waals surface area contributed by atoms with Crippen LogP contribution in [0.4, 0.5) is 4.39 Å². The maximum absolute atomic E-state index is 14.3. The van der Waals surface area contributed by atoms with E-state index in [-0.39, 0.29) is 43.3 Å². The fourth-order valence-corrected chi connectivity index (χ4v) is 4.30. The Labute approximate surface area is 180 Å². The number of esters is 1. The Morgan fingerprint density at radius 2 is 2.12 bits per heavy atom. The fourth-order valence-electron chi connectivity index (χ4n) is 4.30. The zero-order valence-corrected chi connectivity index (χ0v) is 17.1. The lowest BCUT2D eigenvalue weighted by Gasteiger charge is -2.21. The molecular weight excluding hydrogens is 419 g/mol. The minimum absolute atomic E-state index is 0.120. The molecule has 10 heteroatoms. The van der Waals surface area contributed by atoms with E-state index in [0.29, 0.717) is 39.0 Å². The number of hydrogen-bond donors (Lipinski definition) is 3. The molecule has 2 aliphatic heterocycles. The normalized spacial score (nSPS) is 16.4. The third-order valence-corrected chi connectivity index (χ3v) is 6.00. The number of nitrogens with one attached hydrogen (secondary N) is 1. The van der Waals surface area contributed by atoms with Crippen molar-refractivity contribution >= 4 is 22.8 Å². The predicted octanol–water partition coefficient (Wildman–Crippen LogP) is 0.538. The van der Waals surface area contributed by atoms with Crippen molar-refractivity contribution in [3.8, 4) is 11.4 Å². The van der Waals surface area contributed by atoms with Crippen LogP contribution in [0.1, 0.15) is 33.9 Å². The van der Waals surface area contributed by atoms with Crippen LogP contribution < -0.4 is 16.6 Å². The fraction of sp³-hybridized carbons (Fsp3) is 0.273. The SMILES string of the molecule is Cc1cc2c(CNC(=O)CN)c3c(nc2cc1F)-c1cc2c(c(=O)n1C3)COC(=O)C2O. The van der Waals surface area contributed by atoms with Gasteiger partial charge in [-0.15, -0.1) is 0 Å². The molecule has 0 spiro atoms. The number of aryl methyl sites for hydroxylation is 1. The van der Waals surface area contributed by atoms with Crippen molar-refractivity contribution in [1.82, 2.24) is 14.9 Å². The predicted molar refractivity (Wildman–Crippen MR) is 111 cm³/mol. The lowest BCUT2D eigenvalue weighted by molar-refractivity contribution is -0.157. The van der Waals surface area contributed by atoms with Crippen molar-refractivity contribution < 1.29 is 23.8 Å². The van der Waals surface area contributed by atoms with E-state index in [1.165, 1.54) is 10.6 Å². The summed E-state index contributed by atoms with van der Waals surface area (Å²) in [6, 6.07) is 4.53. The number of benzene rings is 1. The second-order valence-electron chi connectivity index (χ2n) is 7.88. The highest BCUT2D eigenvalue weighted by Gasteiger charge is 2.34. The highest BCUT2D eigenvalue weighted by atomic mass is 19.1. The summed E-state index contributed by atoms with van der Waals surface area (Å²) in [6.45, 7) is 1.52. The minimum Gasteiger partial charge on any atom is -0.458 e. The van der Waals surface area contributed by atoms with Gasteiger partial charge in [0.15, 0.2) is 6.10 Å². The molecule has 3 aromatic rings. The molecule has 0 saturated carbocycles. The number of amides is 1. The Bertz CT molecular complexity index is 1400. The number of hydrogen-bond acceptors (Lipinski definition) is 7. The van der Waals surface area contributed by atoms with E-state index in [0.717, 1.165) is 0 Å². The molecular formula is C22H19FN4O5. The zero-order chi connectivity index (χ0) is 22.7. The minimum atomic E-state index is -1.56. The van der Waals surface area contributed by atoms with Crippen molar-refractivity contribution in [2.45, 2.75) is 32.7 Å². The number of fused-ring (bicyclic) bond motifs is 5. The van der Waals surface area contributed by atoms with Gasteiger partial charge in [0.2, 0.25) is 5.91 Å². The average Bonchev–Trinajstić information content (AvgIpc) is 3.14. The topological polar surface area (TPSA) is 137 Å². The number of aliphatic hydroxyl groups excluding tert-OH is 1. The number of carbonyl (C=O) groups excluding carboxylic acids is 2. The molecule has 0 saturated heterocycles. The number of nitrogens with two attached hydrogens (primary N) is 1. The molecule has 2 aromatic heterocycles. The van der Waals surface area contributed by atoms with E-state index in [9.17, 15) is 23.9 Å². The van der Waals surface area contributed by atoms with Crippen LogP contribution in [0.25, 0.3) is 22.3 Å². The first kappa shape index (κ1) is 20.3. The van der Waals surface area contributed by atoms with Crippen LogP contribution in [0.3, 0.4) is 0 Å². The smallest absolute Gasteiger partial charge is 0.340 e. The number of carbonyl (C=O) groups is 2. The van der Waals surface area contributed by atoms with Gasteiger partial charge in [-0.2, -0.15) is 0 Å². The van der Waals surface area contributed by atoms with Gasteiger partial charge in [0.05, 0.1) is 35.6 Å². The first-order valence-electron chi connectivity index (χ1n) is 10.00. The molecule has 0 bridgehead atoms. The van der Waals surface area contributed by atoms with Gasteiger partial charge in [-0.1, -0.05) is 0 Å². The van der Waals surface area contributed by atoms with Gasteiger partial charge in [-0.05, 0) is 30.2 Å². The van der Waals surface area contributed by atoms with Crippen LogP contribution in [0, 0.1) is 12.7 Å². The number of aliphatic hydroxyl groups is 1. The van der Waals surface area contributed by atoms with E-state index in [1.807, 2.05) is 0 Å². The quantitative estimate of drug-likeness (QED) is 0.397. The number of rotatable bonds is 3. The molecule has 9 nitrogen and oxygen atoms in total. The van der Waals surface area contributed by atoms with Gasteiger partial charge in [-0.3, -0.25) is 9.59 Å². The number of ether oxygens (including phenoxy) is 1. The first-order valence-corrected chi connectivity index (χ1v) is 10.00. The monoisotopic (exact) mass is 438 g/mol. The summed E-state index contributed by atoms with van der Waals surface area (Å²) in [5, 5.41) is 13.6. The third kappa shape index (κ3) is 2.91. The van der Waals surface area contributed by atoms with Gasteiger partial charge in [0.1, 0.15) is 12.4 Å². The second kappa shape index (κ2) is 7.21. The lowest BCUT2D eigenvalue weighted by atomic mass is 9.97. The van der Waals surface area contributed by atoms with E-state index in [4.69, 9.17) is 10.5 Å². The average molecular weight is 438 g/mol. The molecule has 5 rings (SSSR count). The molecule has 2 aliphatic rings. The van der Waals surface area contributed by atoms with Crippen LogP contribution in [0.5, 0.6) is 0 Å². The summed E-state index contributed by atoms with van der Waals surface area (Å²) in [5.74, 6) is -1.61. The van der Waals surface area contributed by atoms with Crippen molar-refractivity contribution in [3.63, 3.8) is 0 Å². The van der Waals surface area contributed by atoms with Crippen LogP contribution in [0.15, 0.2) is 23.0 Å². The van der Waals surface area contributed by atoms with E-state index in [2.05, 4.69) is 10.3 Å². The third-order valence-electron chi connectivity index (χ3n) is 6.00. The van der Waals surface area contributed by atoms with Crippen molar-refractivity contribution in [2.75, 3.05) is 6.54 Å². The highest BCUT2D eigenvalue weighted by Crippen LogP contribution is 2.38. The van der Waals surface area contributed by atoms with Crippen molar-refractivity contribution in [2.24, 2.45) is 5.73 Å². The Kier molecular flexibility index (Phi) is 4.57. The Balaban J connectivity index is 1.76. The molecule has 0 radical (unpaired) electrons. The standard InChI is InChI=1S/C22H19FN4O5/c1-9-2-10-12(6-25-18(28)5-24)13-7-27-17(19(13)26-16(10)4-15(9)23)3-11-14(21(27)30)8-32-22(31)20(11)29/h2-4,20,29H,5-8,24H2,1H3,(H,25,28). The lowest BCUT2D eigenvalue weighted by Crippen LogP contribution is -2.32. The zero-order valence-electron chi connectivity index (χ0n) is 17.1. The van der Waals surface area contributed by atoms with Crippen LogP contribution in [-0.2, 0) is 34.0 Å². The van der Waals surface area contributed by atoms with Crippen LogP contribution >= 0.6 is 0 Å². The van der Waals surface area contributed by atoms with Gasteiger partial charge >= 0.3 is 5.97 Å². The molecule has 4 heterocycles. The van der Waals surface area contributed by atoms with Crippen LogP contribution in [-0.4, -0.2) is 33.1 Å².